The average Bonchev–Trinajstić information content (AvgIpc) is 2.60. The molecule has 0 amide bonds. The van der Waals surface area contributed by atoms with E-state index in [-0.39, 0.29) is 25.6 Å². The summed E-state index contributed by atoms with van der Waals surface area (Å²) in [6, 6.07) is 12.5. The number of hydrogen-bond acceptors (Lipinski definition) is 5. The van der Waals surface area contributed by atoms with Gasteiger partial charge in [0.1, 0.15) is 32.2 Å². The van der Waals surface area contributed by atoms with Crippen LogP contribution in [0.5, 0.6) is 17.2 Å². The first kappa shape index (κ1) is 16.5. The maximum atomic E-state index is 11.9. The van der Waals surface area contributed by atoms with Gasteiger partial charge >= 0.3 is 5.97 Å². The molecular formula is C18H17ClO5. The number of hydrogen-bond donors (Lipinski definition) is 0. The number of fused-ring (bicyclic) bond motifs is 1. The molecule has 0 spiro atoms. The zero-order chi connectivity index (χ0) is 16.8. The third-order valence-corrected chi connectivity index (χ3v) is 3.64. The predicted molar refractivity (Wildman–Crippen MR) is 89.0 cm³/mol. The zero-order valence-corrected chi connectivity index (χ0v) is 13.8. The number of esters is 1. The minimum atomic E-state index is -0.314. The topological polar surface area (TPSA) is 54.0 Å². The zero-order valence-electron chi connectivity index (χ0n) is 13.0. The van der Waals surface area contributed by atoms with E-state index >= 15 is 0 Å². The van der Waals surface area contributed by atoms with Gasteiger partial charge < -0.3 is 18.9 Å². The molecule has 126 valence electrons. The Morgan fingerprint density at radius 3 is 2.54 bits per heavy atom. The second-order valence-corrected chi connectivity index (χ2v) is 5.61. The van der Waals surface area contributed by atoms with Crippen molar-refractivity contribution in [2.24, 2.45) is 0 Å². The Labute approximate surface area is 145 Å². The summed E-state index contributed by atoms with van der Waals surface area (Å²) in [5.74, 6) is 1.74. The Bertz CT molecular complexity index is 699. The molecule has 1 heterocycles. The van der Waals surface area contributed by atoms with Crippen LogP contribution in [0.25, 0.3) is 0 Å². The van der Waals surface area contributed by atoms with Crippen LogP contribution in [0, 0.1) is 0 Å². The van der Waals surface area contributed by atoms with Gasteiger partial charge in [0.15, 0.2) is 11.5 Å². The van der Waals surface area contributed by atoms with E-state index in [1.54, 1.807) is 36.4 Å². The molecule has 6 heteroatoms. The van der Waals surface area contributed by atoms with E-state index in [2.05, 4.69) is 0 Å². The van der Waals surface area contributed by atoms with E-state index < -0.39 is 0 Å². The van der Waals surface area contributed by atoms with E-state index in [1.807, 2.05) is 6.07 Å². The highest BCUT2D eigenvalue weighted by molar-refractivity contribution is 6.30. The summed E-state index contributed by atoms with van der Waals surface area (Å²) < 4.78 is 21.6. The smallest absolute Gasteiger partial charge is 0.310 e. The van der Waals surface area contributed by atoms with Gasteiger partial charge in [0.05, 0.1) is 6.42 Å². The van der Waals surface area contributed by atoms with Gasteiger partial charge in [-0.1, -0.05) is 17.7 Å². The summed E-state index contributed by atoms with van der Waals surface area (Å²) in [6.07, 6.45) is 0.178. The van der Waals surface area contributed by atoms with Crippen molar-refractivity contribution < 1.29 is 23.7 Å². The second-order valence-electron chi connectivity index (χ2n) is 5.18. The van der Waals surface area contributed by atoms with E-state index in [9.17, 15) is 4.79 Å². The fraction of sp³-hybridized carbons (Fsp3) is 0.278. The van der Waals surface area contributed by atoms with E-state index in [1.165, 1.54) is 0 Å². The predicted octanol–water partition coefficient (Wildman–Crippen LogP) is 3.28. The molecule has 0 bridgehead atoms. The summed E-state index contributed by atoms with van der Waals surface area (Å²) in [6.45, 7) is 1.53. The lowest BCUT2D eigenvalue weighted by Crippen LogP contribution is -2.16. The number of rotatable bonds is 6. The summed E-state index contributed by atoms with van der Waals surface area (Å²) >= 11 is 5.79. The largest absolute Gasteiger partial charge is 0.490 e. The van der Waals surface area contributed by atoms with Crippen molar-refractivity contribution in [3.63, 3.8) is 0 Å². The highest BCUT2D eigenvalue weighted by atomic mass is 35.5. The molecule has 0 unspecified atom stereocenters. The highest BCUT2D eigenvalue weighted by Gasteiger charge is 2.13. The van der Waals surface area contributed by atoms with Crippen LogP contribution in [0.1, 0.15) is 5.56 Å². The Hall–Kier alpha value is -2.40. The molecule has 2 aromatic rings. The Morgan fingerprint density at radius 1 is 1.00 bits per heavy atom. The molecule has 1 aliphatic rings. The van der Waals surface area contributed by atoms with Crippen molar-refractivity contribution >= 4 is 17.6 Å². The standard InChI is InChI=1S/C18H17ClO5/c19-14-2-4-15(5-3-14)21-7-10-24-18(20)12-13-1-6-16-17(11-13)23-9-8-22-16/h1-6,11H,7-10,12H2. The fourth-order valence-electron chi connectivity index (χ4n) is 2.26. The van der Waals surface area contributed by atoms with Gasteiger partial charge in [-0.25, -0.2) is 0 Å². The van der Waals surface area contributed by atoms with Gasteiger partial charge in [-0.15, -0.1) is 0 Å². The van der Waals surface area contributed by atoms with Crippen molar-refractivity contribution in [1.29, 1.82) is 0 Å². The molecule has 0 fully saturated rings. The lowest BCUT2D eigenvalue weighted by Gasteiger charge is -2.18. The van der Waals surface area contributed by atoms with Crippen molar-refractivity contribution in [2.45, 2.75) is 6.42 Å². The van der Waals surface area contributed by atoms with E-state index in [0.29, 0.717) is 35.5 Å². The van der Waals surface area contributed by atoms with Crippen molar-refractivity contribution in [2.75, 3.05) is 26.4 Å². The van der Waals surface area contributed by atoms with Gasteiger partial charge in [-0.3, -0.25) is 4.79 Å². The number of carbonyl (C=O) groups excluding carboxylic acids is 1. The van der Waals surface area contributed by atoms with Gasteiger partial charge in [-0.05, 0) is 42.0 Å². The van der Waals surface area contributed by atoms with Crippen LogP contribution < -0.4 is 14.2 Å². The van der Waals surface area contributed by atoms with Crippen LogP contribution in [0.15, 0.2) is 42.5 Å². The lowest BCUT2D eigenvalue weighted by atomic mass is 10.1. The molecule has 0 aliphatic carbocycles. The van der Waals surface area contributed by atoms with Crippen molar-refractivity contribution in [3.05, 3.63) is 53.1 Å². The molecule has 3 rings (SSSR count). The number of carbonyl (C=O) groups is 1. The van der Waals surface area contributed by atoms with Crippen LogP contribution in [0.4, 0.5) is 0 Å². The molecule has 0 atom stereocenters. The quantitative estimate of drug-likeness (QED) is 0.592. The summed E-state index contributed by atoms with van der Waals surface area (Å²) in [7, 11) is 0. The Balaban J connectivity index is 1.41. The summed E-state index contributed by atoms with van der Waals surface area (Å²) in [5.41, 5.74) is 0.822. The number of halogens is 1. The molecule has 0 radical (unpaired) electrons. The summed E-state index contributed by atoms with van der Waals surface area (Å²) in [4.78, 5) is 11.9. The number of benzene rings is 2. The van der Waals surface area contributed by atoms with E-state index in [4.69, 9.17) is 30.5 Å². The van der Waals surface area contributed by atoms with Gasteiger partial charge in [-0.2, -0.15) is 0 Å². The van der Waals surface area contributed by atoms with Gasteiger partial charge in [0.25, 0.3) is 0 Å². The van der Waals surface area contributed by atoms with E-state index in [0.717, 1.165) is 5.56 Å². The highest BCUT2D eigenvalue weighted by Crippen LogP contribution is 2.30. The Morgan fingerprint density at radius 2 is 1.75 bits per heavy atom. The van der Waals surface area contributed by atoms with Crippen LogP contribution in [-0.4, -0.2) is 32.4 Å². The first-order valence-electron chi connectivity index (χ1n) is 7.63. The van der Waals surface area contributed by atoms with Crippen molar-refractivity contribution in [3.8, 4) is 17.2 Å². The molecule has 2 aromatic carbocycles. The molecule has 24 heavy (non-hydrogen) atoms. The maximum Gasteiger partial charge on any atom is 0.310 e. The monoisotopic (exact) mass is 348 g/mol. The average molecular weight is 349 g/mol. The first-order valence-corrected chi connectivity index (χ1v) is 8.01. The Kier molecular flexibility index (Phi) is 5.43. The molecule has 0 saturated carbocycles. The third-order valence-electron chi connectivity index (χ3n) is 3.38. The minimum absolute atomic E-state index is 0.178. The molecule has 0 N–H and O–H groups in total. The molecule has 1 aliphatic heterocycles. The lowest BCUT2D eigenvalue weighted by molar-refractivity contribution is -0.143. The maximum absolute atomic E-state index is 11.9. The first-order chi connectivity index (χ1) is 11.7. The molecule has 5 nitrogen and oxygen atoms in total. The SMILES string of the molecule is O=C(Cc1ccc2c(c1)OCCO2)OCCOc1ccc(Cl)cc1. The molecule has 0 aromatic heterocycles. The normalized spacial score (nSPS) is 12.5. The molecular weight excluding hydrogens is 332 g/mol. The van der Waals surface area contributed by atoms with Crippen LogP contribution >= 0.6 is 11.6 Å². The molecule has 0 saturated heterocycles. The van der Waals surface area contributed by atoms with Crippen LogP contribution in [0.3, 0.4) is 0 Å². The third kappa shape index (κ3) is 4.55. The van der Waals surface area contributed by atoms with Gasteiger partial charge in [0.2, 0.25) is 0 Å². The second kappa shape index (κ2) is 7.93. The van der Waals surface area contributed by atoms with Crippen LogP contribution in [0.2, 0.25) is 5.02 Å². The fourth-order valence-corrected chi connectivity index (χ4v) is 2.39. The number of ether oxygens (including phenoxy) is 4. The van der Waals surface area contributed by atoms with Crippen molar-refractivity contribution in [1.82, 2.24) is 0 Å². The van der Waals surface area contributed by atoms with Gasteiger partial charge in [0, 0.05) is 5.02 Å². The minimum Gasteiger partial charge on any atom is -0.490 e. The van der Waals surface area contributed by atoms with Crippen LogP contribution in [-0.2, 0) is 16.0 Å². The summed E-state index contributed by atoms with van der Waals surface area (Å²) in [5, 5.41) is 0.646.